The molecule has 3 aromatic rings. The maximum absolute atomic E-state index is 3.75. The van der Waals surface area contributed by atoms with Crippen LogP contribution in [0, 0.1) is 5.41 Å². The Morgan fingerprint density at radius 2 is 1.33 bits per heavy atom. The van der Waals surface area contributed by atoms with Crippen LogP contribution >= 0.6 is 0 Å². The third-order valence-corrected chi connectivity index (χ3v) is 6.20. The second kappa shape index (κ2) is 8.94. The fraction of sp³-hybridized carbons (Fsp3) is 0.290. The molecule has 2 heteroatoms. The van der Waals surface area contributed by atoms with Gasteiger partial charge in [-0.15, -0.1) is 0 Å². The van der Waals surface area contributed by atoms with E-state index < -0.39 is 0 Å². The number of rotatable bonds is 4. The highest BCUT2D eigenvalue weighted by Gasteiger charge is 2.31. The summed E-state index contributed by atoms with van der Waals surface area (Å²) in [6, 6.07) is 30.4. The molecule has 1 unspecified atom stereocenters. The second-order valence-corrected chi connectivity index (χ2v) is 10.9. The number of hydrogen-bond donors (Lipinski definition) is 1. The molecular formula is C31H36N2. The van der Waals surface area contributed by atoms with Gasteiger partial charge in [-0.1, -0.05) is 114 Å². The standard InChI is InChI=1S/C31H36N2/c1-30(2,3)25-19-17-24(18-20-25)29-22-28(32-33(29)26-15-11-8-12-16-26)27(31(4,5)6)21-23-13-9-7-10-14-23/h7-22,29,32H,1-6H3. The van der Waals surface area contributed by atoms with Crippen LogP contribution < -0.4 is 10.4 Å². The first-order chi connectivity index (χ1) is 15.6. The Morgan fingerprint density at radius 1 is 0.758 bits per heavy atom. The van der Waals surface area contributed by atoms with E-state index in [1.807, 2.05) is 0 Å². The minimum atomic E-state index is -0.0119. The third-order valence-electron chi connectivity index (χ3n) is 6.20. The first kappa shape index (κ1) is 22.9. The molecule has 0 saturated heterocycles. The Kier molecular flexibility index (Phi) is 6.21. The highest BCUT2D eigenvalue weighted by Crippen LogP contribution is 2.40. The van der Waals surface area contributed by atoms with Crippen molar-refractivity contribution in [3.63, 3.8) is 0 Å². The molecule has 0 aromatic heterocycles. The topological polar surface area (TPSA) is 15.3 Å². The number of para-hydroxylation sites is 1. The molecule has 0 radical (unpaired) electrons. The van der Waals surface area contributed by atoms with Crippen molar-refractivity contribution in [1.82, 2.24) is 5.43 Å². The number of nitrogens with zero attached hydrogens (tertiary/aromatic N) is 1. The Bertz CT molecular complexity index is 1130. The van der Waals surface area contributed by atoms with Crippen molar-refractivity contribution in [3.05, 3.63) is 119 Å². The van der Waals surface area contributed by atoms with Crippen molar-refractivity contribution in [2.24, 2.45) is 5.41 Å². The Balaban J connectivity index is 1.78. The molecule has 1 N–H and O–H groups in total. The van der Waals surface area contributed by atoms with Crippen LogP contribution in [0.25, 0.3) is 6.08 Å². The van der Waals surface area contributed by atoms with E-state index in [-0.39, 0.29) is 16.9 Å². The van der Waals surface area contributed by atoms with E-state index in [1.54, 1.807) is 0 Å². The van der Waals surface area contributed by atoms with Crippen LogP contribution in [0.3, 0.4) is 0 Å². The number of allylic oxidation sites excluding steroid dienone is 1. The average Bonchev–Trinajstić information content (AvgIpc) is 3.22. The molecule has 0 aliphatic carbocycles. The molecule has 3 aromatic carbocycles. The highest BCUT2D eigenvalue weighted by atomic mass is 15.5. The van der Waals surface area contributed by atoms with E-state index in [4.69, 9.17) is 0 Å². The number of anilines is 1. The summed E-state index contributed by atoms with van der Waals surface area (Å²) in [5.41, 5.74) is 11.4. The lowest BCUT2D eigenvalue weighted by atomic mass is 9.82. The van der Waals surface area contributed by atoms with Crippen LogP contribution in [0.5, 0.6) is 0 Å². The molecule has 1 atom stereocenters. The van der Waals surface area contributed by atoms with Gasteiger partial charge in [-0.05, 0) is 57.4 Å². The van der Waals surface area contributed by atoms with E-state index in [0.29, 0.717) is 0 Å². The SMILES string of the molecule is CC(C)(C)C(=Cc1ccccc1)C1=CC(c2ccc(C(C)(C)C)cc2)N(c2ccccc2)N1. The number of benzene rings is 3. The van der Waals surface area contributed by atoms with Crippen molar-refractivity contribution in [2.75, 3.05) is 5.01 Å². The van der Waals surface area contributed by atoms with Crippen molar-refractivity contribution in [1.29, 1.82) is 0 Å². The van der Waals surface area contributed by atoms with E-state index >= 15 is 0 Å². The third kappa shape index (κ3) is 5.22. The van der Waals surface area contributed by atoms with Gasteiger partial charge in [0.05, 0.1) is 17.4 Å². The van der Waals surface area contributed by atoms with Crippen molar-refractivity contribution >= 4 is 11.8 Å². The summed E-state index contributed by atoms with van der Waals surface area (Å²) in [4.78, 5) is 0. The van der Waals surface area contributed by atoms with Gasteiger partial charge in [0.25, 0.3) is 0 Å². The molecule has 1 aliphatic rings. The predicted molar refractivity (Wildman–Crippen MR) is 142 cm³/mol. The normalized spacial score (nSPS) is 17.0. The first-order valence-corrected chi connectivity index (χ1v) is 11.8. The van der Waals surface area contributed by atoms with Crippen LogP contribution in [-0.4, -0.2) is 0 Å². The number of nitrogens with one attached hydrogen (secondary N) is 1. The molecule has 0 bridgehead atoms. The monoisotopic (exact) mass is 436 g/mol. The van der Waals surface area contributed by atoms with Crippen molar-refractivity contribution < 1.29 is 0 Å². The van der Waals surface area contributed by atoms with Crippen LogP contribution in [0.1, 0.15) is 64.3 Å². The summed E-state index contributed by atoms with van der Waals surface area (Å²) in [7, 11) is 0. The van der Waals surface area contributed by atoms with Gasteiger partial charge in [-0.3, -0.25) is 10.4 Å². The number of hydrazine groups is 1. The lowest BCUT2D eigenvalue weighted by molar-refractivity contribution is 0.506. The lowest BCUT2D eigenvalue weighted by Crippen LogP contribution is -2.35. The predicted octanol–water partition coefficient (Wildman–Crippen LogP) is 8.06. The Hall–Kier alpha value is -3.26. The van der Waals surface area contributed by atoms with E-state index in [0.717, 1.165) is 5.69 Å². The zero-order valence-electron chi connectivity index (χ0n) is 20.8. The molecule has 0 fully saturated rings. The molecule has 33 heavy (non-hydrogen) atoms. The minimum absolute atomic E-state index is 0.0119. The van der Waals surface area contributed by atoms with Crippen LogP contribution in [0.4, 0.5) is 5.69 Å². The highest BCUT2D eigenvalue weighted by molar-refractivity contribution is 5.63. The average molecular weight is 437 g/mol. The molecule has 0 amide bonds. The molecule has 1 heterocycles. The van der Waals surface area contributed by atoms with Gasteiger partial charge in [0, 0.05) is 0 Å². The maximum atomic E-state index is 3.75. The van der Waals surface area contributed by atoms with Gasteiger partial charge in [-0.25, -0.2) is 0 Å². The van der Waals surface area contributed by atoms with E-state index in [9.17, 15) is 0 Å². The molecule has 170 valence electrons. The van der Waals surface area contributed by atoms with Gasteiger partial charge >= 0.3 is 0 Å². The number of hydrogen-bond acceptors (Lipinski definition) is 2. The Labute approximate surface area is 199 Å². The zero-order valence-corrected chi connectivity index (χ0v) is 20.8. The zero-order chi connectivity index (χ0) is 23.6. The first-order valence-electron chi connectivity index (χ1n) is 11.8. The van der Waals surface area contributed by atoms with Crippen molar-refractivity contribution in [3.8, 4) is 0 Å². The van der Waals surface area contributed by atoms with Gasteiger partial charge in [-0.2, -0.15) is 0 Å². The van der Waals surface area contributed by atoms with Gasteiger partial charge in [0.1, 0.15) is 0 Å². The smallest absolute Gasteiger partial charge is 0.0958 e. The van der Waals surface area contributed by atoms with Gasteiger partial charge in [0.2, 0.25) is 0 Å². The minimum Gasteiger partial charge on any atom is -0.297 e. The molecule has 4 rings (SSSR count). The van der Waals surface area contributed by atoms with E-state index in [2.05, 4.69) is 149 Å². The molecule has 0 spiro atoms. The fourth-order valence-electron chi connectivity index (χ4n) is 4.27. The Morgan fingerprint density at radius 3 is 1.88 bits per heavy atom. The quantitative estimate of drug-likeness (QED) is 0.445. The van der Waals surface area contributed by atoms with Crippen molar-refractivity contribution in [2.45, 2.75) is 53.0 Å². The second-order valence-electron chi connectivity index (χ2n) is 10.9. The van der Waals surface area contributed by atoms with E-state index in [1.165, 1.54) is 28.0 Å². The summed E-state index contributed by atoms with van der Waals surface area (Å²) in [6.45, 7) is 13.6. The lowest BCUT2D eigenvalue weighted by Gasteiger charge is -2.30. The van der Waals surface area contributed by atoms with Gasteiger partial charge in [0.15, 0.2) is 0 Å². The summed E-state index contributed by atoms with van der Waals surface area (Å²) in [5, 5.41) is 2.28. The molecule has 1 aliphatic heterocycles. The summed E-state index contributed by atoms with van der Waals surface area (Å²) < 4.78 is 0. The maximum Gasteiger partial charge on any atom is 0.0958 e. The largest absolute Gasteiger partial charge is 0.297 e. The summed E-state index contributed by atoms with van der Waals surface area (Å²) in [6.07, 6.45) is 4.69. The van der Waals surface area contributed by atoms with Crippen LogP contribution in [-0.2, 0) is 5.41 Å². The summed E-state index contributed by atoms with van der Waals surface area (Å²) in [5.74, 6) is 0. The molecule has 0 saturated carbocycles. The fourth-order valence-corrected chi connectivity index (χ4v) is 4.27. The molecule has 2 nitrogen and oxygen atoms in total. The van der Waals surface area contributed by atoms with Gasteiger partial charge < -0.3 is 0 Å². The summed E-state index contributed by atoms with van der Waals surface area (Å²) >= 11 is 0. The van der Waals surface area contributed by atoms with Crippen LogP contribution in [0.15, 0.2) is 102 Å². The molecular weight excluding hydrogens is 400 g/mol. The van der Waals surface area contributed by atoms with Crippen LogP contribution in [0.2, 0.25) is 0 Å².